The van der Waals surface area contributed by atoms with Gasteiger partial charge in [0.15, 0.2) is 0 Å². The number of benzene rings is 1. The summed E-state index contributed by atoms with van der Waals surface area (Å²) in [6.45, 7) is 0. The maximum absolute atomic E-state index is 13.2. The second kappa shape index (κ2) is 6.01. The van der Waals surface area contributed by atoms with Crippen LogP contribution in [0.3, 0.4) is 0 Å². The molecule has 0 unspecified atom stereocenters. The van der Waals surface area contributed by atoms with Crippen molar-refractivity contribution in [2.24, 2.45) is 5.10 Å². The highest BCUT2D eigenvalue weighted by Crippen LogP contribution is 2.11. The molecule has 1 amide bonds. The Kier molecular flexibility index (Phi) is 4.14. The van der Waals surface area contributed by atoms with Crippen LogP contribution in [0.2, 0.25) is 0 Å². The first-order valence-corrected chi connectivity index (χ1v) is 6.11. The van der Waals surface area contributed by atoms with E-state index in [0.29, 0.717) is 15.7 Å². The van der Waals surface area contributed by atoms with Crippen molar-refractivity contribution in [3.63, 3.8) is 0 Å². The van der Waals surface area contributed by atoms with Crippen LogP contribution in [0.5, 0.6) is 0 Å². The van der Waals surface area contributed by atoms with Crippen molar-refractivity contribution >= 4 is 28.6 Å². The SMILES string of the molecule is Nc1nnc(CC(=O)N/N=C/c2ccccc2F)s1. The highest BCUT2D eigenvalue weighted by atomic mass is 32.1. The Hall–Kier alpha value is -2.35. The Morgan fingerprint density at radius 3 is 2.95 bits per heavy atom. The first-order chi connectivity index (χ1) is 9.15. The van der Waals surface area contributed by atoms with Gasteiger partial charge >= 0.3 is 0 Å². The first-order valence-electron chi connectivity index (χ1n) is 5.29. The normalized spacial score (nSPS) is 10.8. The quantitative estimate of drug-likeness (QED) is 0.643. The summed E-state index contributed by atoms with van der Waals surface area (Å²) in [5.41, 5.74) is 7.96. The molecule has 0 aliphatic carbocycles. The van der Waals surface area contributed by atoms with Gasteiger partial charge in [0.25, 0.3) is 0 Å². The van der Waals surface area contributed by atoms with E-state index in [2.05, 4.69) is 20.7 Å². The number of amides is 1. The van der Waals surface area contributed by atoms with E-state index in [1.54, 1.807) is 18.2 Å². The van der Waals surface area contributed by atoms with Gasteiger partial charge in [0, 0.05) is 5.56 Å². The number of aromatic nitrogens is 2. The van der Waals surface area contributed by atoms with E-state index in [1.165, 1.54) is 12.3 Å². The number of hydrazone groups is 1. The number of hydrogen-bond donors (Lipinski definition) is 2. The fourth-order valence-corrected chi connectivity index (χ4v) is 1.88. The van der Waals surface area contributed by atoms with Gasteiger partial charge in [0.1, 0.15) is 10.8 Å². The molecule has 98 valence electrons. The fraction of sp³-hybridized carbons (Fsp3) is 0.0909. The van der Waals surface area contributed by atoms with Crippen LogP contribution in [0.15, 0.2) is 29.4 Å². The van der Waals surface area contributed by atoms with Gasteiger partial charge in [-0.2, -0.15) is 5.10 Å². The Balaban J connectivity index is 1.88. The molecule has 0 bridgehead atoms. The monoisotopic (exact) mass is 279 g/mol. The van der Waals surface area contributed by atoms with Crippen LogP contribution in [0.1, 0.15) is 10.6 Å². The minimum absolute atomic E-state index is 0.0312. The minimum Gasteiger partial charge on any atom is -0.374 e. The molecule has 2 aromatic rings. The summed E-state index contributed by atoms with van der Waals surface area (Å²) < 4.78 is 13.2. The van der Waals surface area contributed by atoms with Gasteiger partial charge in [0.2, 0.25) is 11.0 Å². The van der Waals surface area contributed by atoms with Crippen molar-refractivity contribution in [3.05, 3.63) is 40.7 Å². The van der Waals surface area contributed by atoms with Crippen molar-refractivity contribution in [1.29, 1.82) is 0 Å². The Labute approximate surface area is 112 Å². The number of carbonyl (C=O) groups is 1. The Bertz CT molecular complexity index is 613. The number of nitrogens with two attached hydrogens (primary N) is 1. The zero-order valence-corrected chi connectivity index (χ0v) is 10.5. The van der Waals surface area contributed by atoms with E-state index in [4.69, 9.17) is 5.73 Å². The summed E-state index contributed by atoms with van der Waals surface area (Å²) >= 11 is 1.13. The van der Waals surface area contributed by atoms with Gasteiger partial charge in [-0.1, -0.05) is 29.5 Å². The highest BCUT2D eigenvalue weighted by molar-refractivity contribution is 7.15. The molecule has 3 N–H and O–H groups in total. The number of nitrogens with one attached hydrogen (secondary N) is 1. The maximum atomic E-state index is 13.2. The third-order valence-corrected chi connectivity index (χ3v) is 2.84. The molecule has 0 radical (unpaired) electrons. The zero-order chi connectivity index (χ0) is 13.7. The number of nitrogen functional groups attached to an aromatic ring is 1. The lowest BCUT2D eigenvalue weighted by molar-refractivity contribution is -0.120. The topological polar surface area (TPSA) is 93.3 Å². The number of nitrogens with zero attached hydrogens (tertiary/aromatic N) is 3. The van der Waals surface area contributed by atoms with Gasteiger partial charge in [0.05, 0.1) is 12.6 Å². The Morgan fingerprint density at radius 1 is 1.47 bits per heavy atom. The molecule has 0 spiro atoms. The second-order valence-electron chi connectivity index (χ2n) is 3.53. The van der Waals surface area contributed by atoms with E-state index in [0.717, 1.165) is 11.3 Å². The molecule has 0 saturated heterocycles. The van der Waals surface area contributed by atoms with Crippen LogP contribution in [0.4, 0.5) is 9.52 Å². The molecule has 0 atom stereocenters. The molecular formula is C11H10FN5OS. The van der Waals surface area contributed by atoms with Crippen LogP contribution >= 0.6 is 11.3 Å². The fourth-order valence-electron chi connectivity index (χ4n) is 1.27. The van der Waals surface area contributed by atoms with E-state index in [1.807, 2.05) is 0 Å². The third-order valence-electron chi connectivity index (χ3n) is 2.09. The molecule has 0 saturated carbocycles. The van der Waals surface area contributed by atoms with Crippen molar-refractivity contribution in [2.45, 2.75) is 6.42 Å². The maximum Gasteiger partial charge on any atom is 0.247 e. The average molecular weight is 279 g/mol. The molecule has 6 nitrogen and oxygen atoms in total. The predicted octanol–water partition coefficient (Wildman–Crippen LogP) is 0.952. The molecule has 0 aliphatic rings. The van der Waals surface area contributed by atoms with Gasteiger partial charge in [-0.05, 0) is 6.07 Å². The van der Waals surface area contributed by atoms with Crippen molar-refractivity contribution in [2.75, 3.05) is 5.73 Å². The molecular weight excluding hydrogens is 269 g/mol. The summed E-state index contributed by atoms with van der Waals surface area (Å²) in [6, 6.07) is 6.12. The standard InChI is InChI=1S/C11H10FN5OS/c12-8-4-2-1-3-7(8)6-14-15-9(18)5-10-16-17-11(13)19-10/h1-4,6H,5H2,(H2,13,17)(H,15,18)/b14-6+. The van der Waals surface area contributed by atoms with Crippen molar-refractivity contribution < 1.29 is 9.18 Å². The highest BCUT2D eigenvalue weighted by Gasteiger charge is 2.07. The summed E-state index contributed by atoms with van der Waals surface area (Å²) in [5, 5.41) is 11.8. The molecule has 2 rings (SSSR count). The van der Waals surface area contributed by atoms with Crippen LogP contribution in [0, 0.1) is 5.82 Å². The van der Waals surface area contributed by atoms with Crippen molar-refractivity contribution in [1.82, 2.24) is 15.6 Å². The van der Waals surface area contributed by atoms with Gasteiger partial charge in [-0.15, -0.1) is 10.2 Å². The van der Waals surface area contributed by atoms with Crippen LogP contribution in [-0.2, 0) is 11.2 Å². The van der Waals surface area contributed by atoms with E-state index in [-0.39, 0.29) is 12.3 Å². The molecule has 19 heavy (non-hydrogen) atoms. The second-order valence-corrected chi connectivity index (χ2v) is 4.62. The summed E-state index contributed by atoms with van der Waals surface area (Å²) in [4.78, 5) is 11.5. The lowest BCUT2D eigenvalue weighted by Crippen LogP contribution is -2.19. The summed E-state index contributed by atoms with van der Waals surface area (Å²) in [7, 11) is 0. The minimum atomic E-state index is -0.405. The van der Waals surface area contributed by atoms with Crippen LogP contribution in [0.25, 0.3) is 0 Å². The molecule has 8 heteroatoms. The van der Waals surface area contributed by atoms with Crippen LogP contribution < -0.4 is 11.2 Å². The van der Waals surface area contributed by atoms with Crippen LogP contribution in [-0.4, -0.2) is 22.3 Å². The lowest BCUT2D eigenvalue weighted by atomic mass is 10.2. The largest absolute Gasteiger partial charge is 0.374 e. The number of halogens is 1. The zero-order valence-electron chi connectivity index (χ0n) is 9.71. The van der Waals surface area contributed by atoms with Gasteiger partial charge in [-0.3, -0.25) is 4.79 Å². The predicted molar refractivity (Wildman–Crippen MR) is 70.2 cm³/mol. The average Bonchev–Trinajstić information content (AvgIpc) is 2.77. The lowest BCUT2D eigenvalue weighted by Gasteiger charge is -1.97. The molecule has 1 aromatic carbocycles. The number of carbonyl (C=O) groups excluding carboxylic acids is 1. The number of rotatable bonds is 4. The number of hydrogen-bond acceptors (Lipinski definition) is 6. The number of anilines is 1. The van der Waals surface area contributed by atoms with E-state index >= 15 is 0 Å². The van der Waals surface area contributed by atoms with E-state index < -0.39 is 5.82 Å². The summed E-state index contributed by atoms with van der Waals surface area (Å²) in [5.74, 6) is -0.777. The summed E-state index contributed by atoms with van der Waals surface area (Å²) in [6.07, 6.45) is 1.27. The first kappa shape index (κ1) is 13.1. The molecule has 1 heterocycles. The van der Waals surface area contributed by atoms with E-state index in [9.17, 15) is 9.18 Å². The third kappa shape index (κ3) is 3.81. The van der Waals surface area contributed by atoms with Gasteiger partial charge < -0.3 is 5.73 Å². The molecule has 0 fully saturated rings. The molecule has 0 aliphatic heterocycles. The Morgan fingerprint density at radius 2 is 2.26 bits per heavy atom. The molecule has 1 aromatic heterocycles. The van der Waals surface area contributed by atoms with Crippen molar-refractivity contribution in [3.8, 4) is 0 Å². The smallest absolute Gasteiger partial charge is 0.247 e. The van der Waals surface area contributed by atoms with Gasteiger partial charge in [-0.25, -0.2) is 9.82 Å².